The summed E-state index contributed by atoms with van der Waals surface area (Å²) < 4.78 is 6.53. The van der Waals surface area contributed by atoms with Gasteiger partial charge in [0.05, 0.1) is 35.9 Å². The van der Waals surface area contributed by atoms with Crippen molar-refractivity contribution in [3.05, 3.63) is 0 Å². The number of amides is 2. The molecule has 49 heavy (non-hydrogen) atoms. The Bertz CT molecular complexity index is 1030. The summed E-state index contributed by atoms with van der Waals surface area (Å²) >= 11 is 0. The Morgan fingerprint density at radius 2 is 0.776 bits per heavy atom. The lowest BCUT2D eigenvalue weighted by Crippen LogP contribution is -2.48. The minimum absolute atomic E-state index is 0.0637. The highest BCUT2D eigenvalue weighted by molar-refractivity contribution is 5.85. The Hall–Kier alpha value is -2.16. The van der Waals surface area contributed by atoms with Gasteiger partial charge in [-0.2, -0.15) is 0 Å². The van der Waals surface area contributed by atoms with Crippen molar-refractivity contribution in [2.45, 2.75) is 178 Å². The molecule has 0 radical (unpaired) electrons. The van der Waals surface area contributed by atoms with Crippen molar-refractivity contribution >= 4 is 23.8 Å². The molecule has 0 aliphatic heterocycles. The van der Waals surface area contributed by atoms with Gasteiger partial charge in [-0.3, -0.25) is 19.2 Å². The maximum atomic E-state index is 13.3. The summed E-state index contributed by atoms with van der Waals surface area (Å²) in [5.41, 5.74) is 0. The lowest BCUT2D eigenvalue weighted by molar-refractivity contribution is -0.150. The third kappa shape index (κ3) is 9.59. The Morgan fingerprint density at radius 3 is 1.12 bits per heavy atom. The van der Waals surface area contributed by atoms with Crippen LogP contribution < -0.4 is 10.6 Å². The number of hydrogen-bond acceptors (Lipinski definition) is 5. The zero-order valence-electron chi connectivity index (χ0n) is 29.8. The van der Waals surface area contributed by atoms with Crippen molar-refractivity contribution < 1.29 is 34.1 Å². The molecule has 6 aliphatic rings. The fourth-order valence-electron chi connectivity index (χ4n) is 11.2. The van der Waals surface area contributed by atoms with Crippen LogP contribution in [0.3, 0.4) is 0 Å². The first-order valence-electron chi connectivity index (χ1n) is 20.5. The molecular weight excluding hydrogens is 620 g/mol. The summed E-state index contributed by atoms with van der Waals surface area (Å²) in [7, 11) is 0. The number of carbonyl (C=O) groups excluding carboxylic acids is 2. The summed E-state index contributed by atoms with van der Waals surface area (Å²) in [6.45, 7) is 0. The van der Waals surface area contributed by atoms with Gasteiger partial charge in [-0.05, 0) is 114 Å². The molecule has 6 rings (SSSR count). The largest absolute Gasteiger partial charge is 0.481 e. The lowest BCUT2D eigenvalue weighted by atomic mass is 9.66. The Morgan fingerprint density at radius 1 is 0.408 bits per heavy atom. The van der Waals surface area contributed by atoms with E-state index in [-0.39, 0.29) is 36.1 Å². The quantitative estimate of drug-likeness (QED) is 0.190. The van der Waals surface area contributed by atoms with Crippen molar-refractivity contribution in [1.29, 1.82) is 0 Å². The minimum atomic E-state index is -0.812. The summed E-state index contributed by atoms with van der Waals surface area (Å²) in [6, 6.07) is 0.160. The van der Waals surface area contributed by atoms with E-state index in [1.807, 2.05) is 0 Å². The molecule has 4 N–H and O–H groups in total. The first kappa shape index (κ1) is 36.6. The number of carboxylic acid groups (broad SMARTS) is 2. The summed E-state index contributed by atoms with van der Waals surface area (Å²) in [6.07, 6.45) is 24.4. The predicted molar refractivity (Wildman–Crippen MR) is 187 cm³/mol. The Kier molecular flexibility index (Phi) is 13.0. The van der Waals surface area contributed by atoms with Crippen LogP contribution in [0.25, 0.3) is 0 Å². The molecule has 9 nitrogen and oxygen atoms in total. The van der Waals surface area contributed by atoms with Crippen LogP contribution >= 0.6 is 0 Å². The fourth-order valence-corrected chi connectivity index (χ4v) is 11.2. The molecule has 6 fully saturated rings. The van der Waals surface area contributed by atoms with Gasteiger partial charge in [0, 0.05) is 12.1 Å². The van der Waals surface area contributed by atoms with Crippen LogP contribution in [0.2, 0.25) is 0 Å². The van der Waals surface area contributed by atoms with Crippen LogP contribution in [0.4, 0.5) is 0 Å². The minimum Gasteiger partial charge on any atom is -0.481 e. The van der Waals surface area contributed by atoms with Gasteiger partial charge >= 0.3 is 11.9 Å². The second-order valence-electron chi connectivity index (χ2n) is 17.1. The highest BCUT2D eigenvalue weighted by atomic mass is 16.5. The van der Waals surface area contributed by atoms with Gasteiger partial charge in [0.1, 0.15) is 0 Å². The third-order valence-corrected chi connectivity index (χ3v) is 14.1. The predicted octanol–water partition coefficient (Wildman–Crippen LogP) is 7.25. The molecule has 2 amide bonds. The molecule has 0 aromatic rings. The molecule has 6 saturated carbocycles. The van der Waals surface area contributed by atoms with Gasteiger partial charge in [-0.1, -0.05) is 64.2 Å². The van der Waals surface area contributed by atoms with Crippen molar-refractivity contribution in [3.8, 4) is 0 Å². The summed E-state index contributed by atoms with van der Waals surface area (Å²) in [5.74, 6) is -1.57. The van der Waals surface area contributed by atoms with E-state index in [9.17, 15) is 29.4 Å². The van der Waals surface area contributed by atoms with Gasteiger partial charge < -0.3 is 25.6 Å². The number of ether oxygens (including phenoxy) is 1. The smallest absolute Gasteiger partial charge is 0.307 e. The van der Waals surface area contributed by atoms with E-state index in [2.05, 4.69) is 10.6 Å². The third-order valence-electron chi connectivity index (χ3n) is 14.1. The van der Waals surface area contributed by atoms with Gasteiger partial charge in [-0.15, -0.1) is 0 Å². The van der Waals surface area contributed by atoms with Gasteiger partial charge in [0.2, 0.25) is 11.8 Å². The fraction of sp³-hybridized carbons (Fsp3) is 0.900. The maximum Gasteiger partial charge on any atom is 0.307 e. The SMILES string of the molecule is O=C(O)C1CC(C2CCCCC2)CCC1C(=O)NC1CCC(OC2CCC(NC(=O)C3CCC(C4CCCCC4)CC3C(=O)O)CC2)CC1. The van der Waals surface area contributed by atoms with Crippen LogP contribution in [0, 0.1) is 47.3 Å². The number of carbonyl (C=O) groups is 4. The standard InChI is InChI=1S/C40H64N2O7/c43-37(33-21-11-27(23-35(33)39(45)46)25-7-3-1-4-8-25)41-29-13-17-31(18-14-29)49-32-19-15-30(16-20-32)42-38(44)34-22-12-28(24-36(34)40(47)48)26-9-5-2-6-10-26/h25-36H,1-24H2,(H,41,43)(H,42,44)(H,45,46)(H,47,48). The van der Waals surface area contributed by atoms with Crippen LogP contribution in [-0.2, 0) is 23.9 Å². The average molecular weight is 685 g/mol. The van der Waals surface area contributed by atoms with E-state index >= 15 is 0 Å². The normalized spacial score (nSPS) is 38.3. The van der Waals surface area contributed by atoms with E-state index in [0.29, 0.717) is 49.4 Å². The maximum absolute atomic E-state index is 13.3. The Labute approximate surface area is 293 Å². The zero-order chi connectivity index (χ0) is 34.3. The topological polar surface area (TPSA) is 142 Å². The molecule has 276 valence electrons. The van der Waals surface area contributed by atoms with Crippen LogP contribution in [-0.4, -0.2) is 58.3 Å². The van der Waals surface area contributed by atoms with Crippen molar-refractivity contribution in [2.75, 3.05) is 0 Å². The van der Waals surface area contributed by atoms with E-state index in [0.717, 1.165) is 64.2 Å². The van der Waals surface area contributed by atoms with Gasteiger partial charge in [-0.25, -0.2) is 0 Å². The van der Waals surface area contributed by atoms with Crippen molar-refractivity contribution in [3.63, 3.8) is 0 Å². The number of hydrogen-bond donors (Lipinski definition) is 4. The number of carboxylic acids is 2. The van der Waals surface area contributed by atoms with Crippen molar-refractivity contribution in [2.24, 2.45) is 47.3 Å². The van der Waals surface area contributed by atoms with E-state index in [1.165, 1.54) is 64.2 Å². The number of nitrogens with one attached hydrogen (secondary N) is 2. The van der Waals surface area contributed by atoms with Crippen LogP contribution in [0.1, 0.15) is 154 Å². The molecule has 6 unspecified atom stereocenters. The molecular formula is C40H64N2O7. The van der Waals surface area contributed by atoms with Crippen LogP contribution in [0.15, 0.2) is 0 Å². The zero-order valence-corrected chi connectivity index (χ0v) is 29.8. The average Bonchev–Trinajstić information content (AvgIpc) is 3.13. The van der Waals surface area contributed by atoms with Crippen molar-refractivity contribution in [1.82, 2.24) is 10.6 Å². The number of aliphatic carboxylic acids is 2. The highest BCUT2D eigenvalue weighted by Crippen LogP contribution is 2.44. The molecule has 0 aromatic carbocycles. The molecule has 6 aliphatic carbocycles. The summed E-state index contributed by atoms with van der Waals surface area (Å²) in [4.78, 5) is 51.1. The molecule has 0 spiro atoms. The van der Waals surface area contributed by atoms with E-state index in [4.69, 9.17) is 4.74 Å². The second-order valence-corrected chi connectivity index (χ2v) is 17.1. The van der Waals surface area contributed by atoms with Crippen LogP contribution in [0.5, 0.6) is 0 Å². The molecule has 0 aromatic heterocycles. The summed E-state index contributed by atoms with van der Waals surface area (Å²) in [5, 5.41) is 26.5. The van der Waals surface area contributed by atoms with Gasteiger partial charge in [0.25, 0.3) is 0 Å². The lowest BCUT2D eigenvalue weighted by Gasteiger charge is -2.40. The molecule has 0 saturated heterocycles. The molecule has 0 bridgehead atoms. The first-order valence-corrected chi connectivity index (χ1v) is 20.5. The first-order chi connectivity index (χ1) is 23.7. The second kappa shape index (κ2) is 17.4. The molecule has 6 atom stereocenters. The molecule has 9 heteroatoms. The van der Waals surface area contributed by atoms with Gasteiger partial charge in [0.15, 0.2) is 0 Å². The number of rotatable bonds is 10. The highest BCUT2D eigenvalue weighted by Gasteiger charge is 2.44. The van der Waals surface area contributed by atoms with E-state index in [1.54, 1.807) is 0 Å². The Balaban J connectivity index is 0.884. The van der Waals surface area contributed by atoms with E-state index < -0.39 is 35.6 Å². The molecule has 0 heterocycles. The monoisotopic (exact) mass is 684 g/mol.